The van der Waals surface area contributed by atoms with Gasteiger partial charge in [-0.25, -0.2) is 4.79 Å². The normalized spacial score (nSPS) is 14.0. The van der Waals surface area contributed by atoms with Crippen molar-refractivity contribution in [3.05, 3.63) is 96.4 Å². The van der Waals surface area contributed by atoms with Gasteiger partial charge in [0.05, 0.1) is 0 Å². The second kappa shape index (κ2) is 8.71. The van der Waals surface area contributed by atoms with E-state index in [9.17, 15) is 4.79 Å². The number of rotatable bonds is 6. The van der Waals surface area contributed by atoms with E-state index in [0.29, 0.717) is 11.6 Å². The minimum Gasteiger partial charge on any atom is -0.441 e. The number of amides is 1. The number of carbonyl (C=O) groups is 1. The van der Waals surface area contributed by atoms with Crippen LogP contribution in [0.5, 0.6) is 0 Å². The van der Waals surface area contributed by atoms with Crippen LogP contribution in [-0.4, -0.2) is 11.1 Å². The summed E-state index contributed by atoms with van der Waals surface area (Å²) in [5, 5.41) is 2.69. The first kappa shape index (κ1) is 20.1. The minimum absolute atomic E-state index is 0.330. The third-order valence-electron chi connectivity index (χ3n) is 5.78. The van der Waals surface area contributed by atoms with E-state index in [1.165, 1.54) is 30.4 Å². The quantitative estimate of drug-likeness (QED) is 0.356. The molecule has 1 aromatic heterocycles. The number of nitrogens with zero attached hydrogens (tertiary/aromatic N) is 1. The van der Waals surface area contributed by atoms with Gasteiger partial charge in [0.1, 0.15) is 6.10 Å². The van der Waals surface area contributed by atoms with E-state index in [1.54, 1.807) is 0 Å². The third kappa shape index (κ3) is 4.42. The van der Waals surface area contributed by atoms with E-state index < -0.39 is 6.09 Å². The Kier molecular flexibility index (Phi) is 5.46. The van der Waals surface area contributed by atoms with Crippen molar-refractivity contribution in [1.29, 1.82) is 0 Å². The zero-order valence-electron chi connectivity index (χ0n) is 17.8. The average molecular weight is 425 g/mol. The molecule has 160 valence electrons. The molecule has 1 fully saturated rings. The number of benzene rings is 3. The van der Waals surface area contributed by atoms with Crippen molar-refractivity contribution in [3.63, 3.8) is 0 Å². The summed E-state index contributed by atoms with van der Waals surface area (Å²) in [6, 6.07) is 26.4. The van der Waals surface area contributed by atoms with E-state index in [-0.39, 0.29) is 6.10 Å². The number of aromatic nitrogens is 1. The second-order valence-corrected chi connectivity index (χ2v) is 8.09. The van der Waals surface area contributed by atoms with E-state index >= 15 is 0 Å². The maximum atomic E-state index is 12.4. The maximum Gasteiger partial charge on any atom is 0.413 e. The van der Waals surface area contributed by atoms with Crippen LogP contribution < -0.4 is 5.32 Å². The number of hydrogen-bond acceptors (Lipinski definition) is 4. The summed E-state index contributed by atoms with van der Waals surface area (Å²) in [5.74, 6) is 1.58. The summed E-state index contributed by atoms with van der Waals surface area (Å²) in [6.45, 7) is 1.83. The summed E-state index contributed by atoms with van der Waals surface area (Å²) in [6.07, 6.45) is 2.97. The lowest BCUT2D eigenvalue weighted by Gasteiger charge is -2.13. The Bertz CT molecular complexity index is 1190. The van der Waals surface area contributed by atoms with Gasteiger partial charge in [-0.05, 0) is 47.9 Å². The highest BCUT2D eigenvalue weighted by atomic mass is 16.6. The Morgan fingerprint density at radius 2 is 1.56 bits per heavy atom. The Hall–Kier alpha value is -3.86. The highest BCUT2D eigenvalue weighted by Crippen LogP contribution is 2.40. The Labute approximate surface area is 187 Å². The Balaban J connectivity index is 1.27. The van der Waals surface area contributed by atoms with Crippen molar-refractivity contribution in [3.8, 4) is 22.5 Å². The molecule has 0 bridgehead atoms. The number of carbonyl (C=O) groups excluding carboxylic acids is 1. The van der Waals surface area contributed by atoms with Crippen LogP contribution in [0.1, 0.15) is 42.9 Å². The number of oxazole rings is 1. The zero-order valence-corrected chi connectivity index (χ0v) is 17.8. The van der Waals surface area contributed by atoms with Gasteiger partial charge in [-0.1, -0.05) is 78.9 Å². The lowest BCUT2D eigenvalue weighted by atomic mass is 10.0. The van der Waals surface area contributed by atoms with Gasteiger partial charge in [0.2, 0.25) is 0 Å². The monoisotopic (exact) mass is 424 g/mol. The minimum atomic E-state index is -0.580. The van der Waals surface area contributed by atoms with Crippen LogP contribution in [-0.2, 0) is 4.74 Å². The topological polar surface area (TPSA) is 64.4 Å². The Morgan fingerprint density at radius 3 is 2.22 bits per heavy atom. The lowest BCUT2D eigenvalue weighted by Crippen LogP contribution is -2.16. The molecule has 4 aromatic rings. The van der Waals surface area contributed by atoms with Crippen molar-refractivity contribution in [1.82, 2.24) is 4.98 Å². The molecule has 0 spiro atoms. The summed E-state index contributed by atoms with van der Waals surface area (Å²) >= 11 is 0. The molecule has 1 amide bonds. The van der Waals surface area contributed by atoms with Crippen molar-refractivity contribution < 1.29 is 13.9 Å². The predicted octanol–water partition coefficient (Wildman–Crippen LogP) is 7.20. The molecule has 1 atom stereocenters. The first-order valence-corrected chi connectivity index (χ1v) is 10.8. The summed E-state index contributed by atoms with van der Waals surface area (Å²) in [5.41, 5.74) is 5.48. The van der Waals surface area contributed by atoms with Crippen LogP contribution in [0.4, 0.5) is 10.6 Å². The van der Waals surface area contributed by atoms with Crippen molar-refractivity contribution in [2.24, 2.45) is 0 Å². The predicted molar refractivity (Wildman–Crippen MR) is 124 cm³/mol. The molecule has 1 N–H and O–H groups in total. The van der Waals surface area contributed by atoms with Crippen molar-refractivity contribution >= 4 is 11.9 Å². The fraction of sp³-hybridized carbons (Fsp3) is 0.185. The molecule has 5 rings (SSSR count). The highest BCUT2D eigenvalue weighted by Gasteiger charge is 2.23. The number of hydrogen-bond donors (Lipinski definition) is 1. The van der Waals surface area contributed by atoms with Crippen LogP contribution in [0.2, 0.25) is 0 Å². The average Bonchev–Trinajstić information content (AvgIpc) is 3.59. The summed E-state index contributed by atoms with van der Waals surface area (Å²) in [7, 11) is 0. The largest absolute Gasteiger partial charge is 0.441 e. The lowest BCUT2D eigenvalue weighted by molar-refractivity contribution is 0.121. The molecule has 5 nitrogen and oxygen atoms in total. The van der Waals surface area contributed by atoms with Crippen molar-refractivity contribution in [2.45, 2.75) is 31.8 Å². The number of anilines is 1. The molecule has 1 aliphatic carbocycles. The zero-order chi connectivity index (χ0) is 21.9. The van der Waals surface area contributed by atoms with Gasteiger partial charge >= 0.3 is 6.09 Å². The standard InChI is InChI=1S/C27H24N2O3/c1-18(19-5-3-2-4-6-19)32-27(30)29-26-25(31-17-28-26)24-15-13-23(14-16-24)22-11-9-21(10-12-22)20-7-8-20/h2-6,9-18,20H,7-8H2,1H3,(H,29,30)/t18-/m1/s1. The molecule has 3 aromatic carbocycles. The molecule has 5 heteroatoms. The molecule has 0 saturated heterocycles. The van der Waals surface area contributed by atoms with Gasteiger partial charge in [0, 0.05) is 5.56 Å². The molecule has 0 aliphatic heterocycles. The van der Waals surface area contributed by atoms with Gasteiger partial charge in [-0.2, -0.15) is 4.98 Å². The van der Waals surface area contributed by atoms with Crippen LogP contribution in [0, 0.1) is 0 Å². The van der Waals surface area contributed by atoms with Crippen LogP contribution in [0.3, 0.4) is 0 Å². The molecule has 1 aliphatic rings. The fourth-order valence-electron chi connectivity index (χ4n) is 3.80. The van der Waals surface area contributed by atoms with Crippen LogP contribution in [0.15, 0.2) is 89.7 Å². The first-order chi connectivity index (χ1) is 15.7. The van der Waals surface area contributed by atoms with Gasteiger partial charge < -0.3 is 9.15 Å². The molecular formula is C27H24N2O3. The summed E-state index contributed by atoms with van der Waals surface area (Å²) in [4.78, 5) is 16.5. The molecule has 0 radical (unpaired) electrons. The highest BCUT2D eigenvalue weighted by molar-refractivity contribution is 5.88. The Morgan fingerprint density at radius 1 is 0.938 bits per heavy atom. The van der Waals surface area contributed by atoms with Gasteiger partial charge in [-0.3, -0.25) is 5.32 Å². The van der Waals surface area contributed by atoms with Gasteiger partial charge in [0.15, 0.2) is 18.0 Å². The number of nitrogens with one attached hydrogen (secondary N) is 1. The smallest absolute Gasteiger partial charge is 0.413 e. The fourth-order valence-corrected chi connectivity index (χ4v) is 3.80. The molecule has 1 heterocycles. The van der Waals surface area contributed by atoms with E-state index in [1.807, 2.05) is 61.5 Å². The van der Waals surface area contributed by atoms with Crippen molar-refractivity contribution in [2.75, 3.05) is 5.32 Å². The van der Waals surface area contributed by atoms with Crippen LogP contribution in [0.25, 0.3) is 22.5 Å². The van der Waals surface area contributed by atoms with Gasteiger partial charge in [-0.15, -0.1) is 0 Å². The first-order valence-electron chi connectivity index (χ1n) is 10.8. The maximum absolute atomic E-state index is 12.4. The van der Waals surface area contributed by atoms with E-state index in [0.717, 1.165) is 22.6 Å². The molecule has 0 unspecified atom stereocenters. The summed E-state index contributed by atoms with van der Waals surface area (Å²) < 4.78 is 11.0. The molecular weight excluding hydrogens is 400 g/mol. The van der Waals surface area contributed by atoms with E-state index in [4.69, 9.17) is 9.15 Å². The molecule has 1 saturated carbocycles. The van der Waals surface area contributed by atoms with Gasteiger partial charge in [0.25, 0.3) is 0 Å². The third-order valence-corrected chi connectivity index (χ3v) is 5.78. The molecule has 32 heavy (non-hydrogen) atoms. The van der Waals surface area contributed by atoms with E-state index in [2.05, 4.69) is 34.6 Å². The SMILES string of the molecule is C[C@@H](OC(=O)Nc1ncoc1-c1ccc(-c2ccc(C3CC3)cc2)cc1)c1ccccc1. The van der Waals surface area contributed by atoms with Crippen LogP contribution >= 0.6 is 0 Å². The number of ether oxygens (including phenoxy) is 1. The second-order valence-electron chi connectivity index (χ2n) is 8.09.